The molecule has 384 valence electrons. The van der Waals surface area contributed by atoms with Crippen molar-refractivity contribution >= 4 is 11.9 Å². The van der Waals surface area contributed by atoms with Gasteiger partial charge in [0.1, 0.15) is 6.10 Å². The van der Waals surface area contributed by atoms with Gasteiger partial charge < -0.3 is 20.3 Å². The summed E-state index contributed by atoms with van der Waals surface area (Å²) in [6, 6.07) is -0.750. The summed E-state index contributed by atoms with van der Waals surface area (Å²) in [6.45, 7) is 6.24. The predicted molar refractivity (Wildman–Crippen MR) is 291 cm³/mol. The highest BCUT2D eigenvalue weighted by Crippen LogP contribution is 2.16. The Bertz CT molecular complexity index is 1320. The van der Waals surface area contributed by atoms with Crippen molar-refractivity contribution in [3.05, 3.63) is 97.2 Å². The molecule has 0 radical (unpaired) electrons. The minimum Gasteiger partial charge on any atom is -0.458 e. The smallest absolute Gasteiger partial charge is 0.306 e. The van der Waals surface area contributed by atoms with E-state index in [1.807, 2.05) is 6.08 Å². The molecule has 0 saturated carbocycles. The number of rotatable bonds is 49. The first-order valence-corrected chi connectivity index (χ1v) is 28.0. The summed E-state index contributed by atoms with van der Waals surface area (Å²) in [6.07, 6.45) is 72.2. The van der Waals surface area contributed by atoms with Gasteiger partial charge in [-0.05, 0) is 83.1 Å². The second kappa shape index (κ2) is 53.7. The summed E-state index contributed by atoms with van der Waals surface area (Å²) in [5.74, 6) is -0.642. The molecule has 6 heteroatoms. The second-order valence-corrected chi connectivity index (χ2v) is 18.6. The predicted octanol–water partition coefficient (Wildman–Crippen LogP) is 17.3. The summed E-state index contributed by atoms with van der Waals surface area (Å²) in [7, 11) is 0. The van der Waals surface area contributed by atoms with Crippen LogP contribution in [0, 0.1) is 0 Å². The number of carbonyl (C=O) groups excluding carboxylic acids is 2. The quantitative estimate of drug-likeness (QED) is 0.0321. The van der Waals surface area contributed by atoms with Gasteiger partial charge in [0.2, 0.25) is 5.91 Å². The molecule has 0 aromatic heterocycles. The Morgan fingerprint density at radius 1 is 0.463 bits per heavy atom. The monoisotopic (exact) mass is 932 g/mol. The molecule has 3 N–H and O–H groups in total. The van der Waals surface area contributed by atoms with Crippen LogP contribution >= 0.6 is 0 Å². The molecule has 0 aromatic carbocycles. The fourth-order valence-electron chi connectivity index (χ4n) is 8.00. The number of hydrogen-bond acceptors (Lipinski definition) is 5. The lowest BCUT2D eigenvalue weighted by atomic mass is 10.0. The maximum atomic E-state index is 13.2. The highest BCUT2D eigenvalue weighted by molar-refractivity contribution is 5.78. The van der Waals surface area contributed by atoms with Gasteiger partial charge in [-0.1, -0.05) is 253 Å². The Labute approximate surface area is 414 Å². The summed E-state index contributed by atoms with van der Waals surface area (Å²) < 4.78 is 5.83. The number of esters is 1. The van der Waals surface area contributed by atoms with Crippen molar-refractivity contribution in [2.45, 2.75) is 270 Å². The molecule has 0 aliphatic rings. The Morgan fingerprint density at radius 3 is 1.27 bits per heavy atom. The fourth-order valence-corrected chi connectivity index (χ4v) is 8.00. The third-order valence-electron chi connectivity index (χ3n) is 12.2. The molecule has 0 heterocycles. The number of amides is 1. The zero-order valence-electron chi connectivity index (χ0n) is 43.8. The van der Waals surface area contributed by atoms with Crippen LogP contribution in [0.5, 0.6) is 0 Å². The summed E-state index contributed by atoms with van der Waals surface area (Å²) in [5, 5.41) is 23.8. The molecule has 3 unspecified atom stereocenters. The van der Waals surface area contributed by atoms with Crippen molar-refractivity contribution in [2.75, 3.05) is 6.61 Å². The lowest BCUT2D eigenvalue weighted by molar-refractivity contribution is -0.148. The SMILES string of the molecule is CC/C=C\C/C=C\C/C=C\C/C=C\C/C=C\C/C=C\C(CC(=O)NC(CO)C(O)CCCCCCCCCCCCCCCCCCC)OC(=O)CCCCCCCCC/C=C/C/C=C/CC. The first-order chi connectivity index (χ1) is 33.0. The van der Waals surface area contributed by atoms with Crippen molar-refractivity contribution in [3.8, 4) is 0 Å². The normalized spacial score (nSPS) is 13.9. The van der Waals surface area contributed by atoms with Crippen LogP contribution in [0.1, 0.15) is 252 Å². The Balaban J connectivity index is 4.72. The molecule has 0 fully saturated rings. The molecular formula is C61H105NO5. The van der Waals surface area contributed by atoms with E-state index in [0.29, 0.717) is 19.3 Å². The zero-order valence-corrected chi connectivity index (χ0v) is 43.8. The third kappa shape index (κ3) is 49.0. The van der Waals surface area contributed by atoms with Gasteiger partial charge in [0.05, 0.1) is 25.2 Å². The molecule has 67 heavy (non-hydrogen) atoms. The average Bonchev–Trinajstić information content (AvgIpc) is 3.32. The molecule has 0 bridgehead atoms. The minimum atomic E-state index is -0.827. The fraction of sp³-hybridized carbons (Fsp3) is 0.705. The van der Waals surface area contributed by atoms with E-state index in [1.54, 1.807) is 6.08 Å². The van der Waals surface area contributed by atoms with Crippen LogP contribution in [-0.2, 0) is 14.3 Å². The van der Waals surface area contributed by atoms with Crippen molar-refractivity contribution in [3.63, 3.8) is 0 Å². The molecule has 3 atom stereocenters. The molecular weight excluding hydrogens is 827 g/mol. The van der Waals surface area contributed by atoms with Crippen LogP contribution in [-0.4, -0.2) is 46.9 Å². The number of carbonyl (C=O) groups is 2. The van der Waals surface area contributed by atoms with Gasteiger partial charge in [0.25, 0.3) is 0 Å². The first kappa shape index (κ1) is 63.8. The van der Waals surface area contributed by atoms with Crippen molar-refractivity contribution in [1.29, 1.82) is 0 Å². The maximum absolute atomic E-state index is 13.2. The van der Waals surface area contributed by atoms with Crippen molar-refractivity contribution in [1.82, 2.24) is 5.32 Å². The number of nitrogens with one attached hydrogen (secondary N) is 1. The number of aliphatic hydroxyl groups is 2. The van der Waals surface area contributed by atoms with Crippen LogP contribution < -0.4 is 5.32 Å². The lowest BCUT2D eigenvalue weighted by Gasteiger charge is -2.23. The molecule has 0 rings (SSSR count). The molecule has 0 spiro atoms. The van der Waals surface area contributed by atoms with Gasteiger partial charge in [-0.25, -0.2) is 0 Å². The van der Waals surface area contributed by atoms with Gasteiger partial charge >= 0.3 is 5.97 Å². The zero-order chi connectivity index (χ0) is 48.8. The number of unbranched alkanes of at least 4 members (excludes halogenated alkanes) is 23. The number of hydrogen-bond donors (Lipinski definition) is 3. The van der Waals surface area contributed by atoms with E-state index in [2.05, 4.69) is 111 Å². The largest absolute Gasteiger partial charge is 0.458 e. The highest BCUT2D eigenvalue weighted by atomic mass is 16.5. The number of allylic oxidation sites excluding steroid dienone is 15. The van der Waals surface area contributed by atoms with Gasteiger partial charge in [-0.2, -0.15) is 0 Å². The molecule has 0 aromatic rings. The molecule has 1 amide bonds. The third-order valence-corrected chi connectivity index (χ3v) is 12.2. The average molecular weight is 933 g/mol. The molecule has 6 nitrogen and oxygen atoms in total. The lowest BCUT2D eigenvalue weighted by Crippen LogP contribution is -2.46. The highest BCUT2D eigenvalue weighted by Gasteiger charge is 2.23. The van der Waals surface area contributed by atoms with Crippen molar-refractivity contribution < 1.29 is 24.5 Å². The van der Waals surface area contributed by atoms with E-state index in [1.165, 1.54) is 116 Å². The Kier molecular flexibility index (Phi) is 51.1. The van der Waals surface area contributed by atoms with Crippen LogP contribution in [0.2, 0.25) is 0 Å². The van der Waals surface area contributed by atoms with Crippen LogP contribution in [0.4, 0.5) is 0 Å². The van der Waals surface area contributed by atoms with Gasteiger partial charge in [0, 0.05) is 6.42 Å². The van der Waals surface area contributed by atoms with E-state index >= 15 is 0 Å². The number of ether oxygens (including phenoxy) is 1. The molecule has 0 saturated heterocycles. The van der Waals surface area contributed by atoms with E-state index in [4.69, 9.17) is 4.74 Å². The summed E-state index contributed by atoms with van der Waals surface area (Å²) in [5.41, 5.74) is 0. The molecule has 0 aliphatic carbocycles. The number of aliphatic hydroxyl groups excluding tert-OH is 2. The minimum absolute atomic E-state index is 0.0547. The van der Waals surface area contributed by atoms with E-state index < -0.39 is 18.2 Å². The topological polar surface area (TPSA) is 95.9 Å². The van der Waals surface area contributed by atoms with Crippen molar-refractivity contribution in [2.24, 2.45) is 0 Å². The Hall–Kier alpha value is -3.22. The van der Waals surface area contributed by atoms with Gasteiger partial charge in [-0.3, -0.25) is 9.59 Å². The van der Waals surface area contributed by atoms with Gasteiger partial charge in [0.15, 0.2) is 0 Å². The van der Waals surface area contributed by atoms with E-state index in [0.717, 1.165) is 89.9 Å². The van der Waals surface area contributed by atoms with Crippen LogP contribution in [0.25, 0.3) is 0 Å². The Morgan fingerprint density at radius 2 is 0.836 bits per heavy atom. The van der Waals surface area contributed by atoms with Crippen LogP contribution in [0.15, 0.2) is 97.2 Å². The standard InChI is InChI=1S/C61H105NO5/c1-4-7-10-13-16-19-22-25-28-30-32-34-37-40-43-46-49-52-57(67-61(66)54-51-48-45-42-39-36-27-24-21-18-15-12-9-6-3)55-60(65)62-58(56-63)59(64)53-50-47-44-41-38-35-33-31-29-26-23-20-17-14-11-8-5-2/h7,9-10,12,16,18-19,21,25,28,32,34,40,43,49,52,57-59,63-64H,4-6,8,11,13-15,17,20,22-24,26-27,29-31,33,35-39,41-42,44-48,50-51,53-56H2,1-3H3,(H,62,65)/b10-7-,12-9+,19-16-,21-18+,28-25-,34-32-,43-40-,52-49-. The second-order valence-electron chi connectivity index (χ2n) is 18.6. The maximum Gasteiger partial charge on any atom is 0.306 e. The van der Waals surface area contributed by atoms with E-state index in [9.17, 15) is 19.8 Å². The summed E-state index contributed by atoms with van der Waals surface area (Å²) in [4.78, 5) is 26.2. The summed E-state index contributed by atoms with van der Waals surface area (Å²) >= 11 is 0. The van der Waals surface area contributed by atoms with Crippen LogP contribution in [0.3, 0.4) is 0 Å². The first-order valence-electron chi connectivity index (χ1n) is 28.0. The van der Waals surface area contributed by atoms with E-state index in [-0.39, 0.29) is 24.9 Å². The molecule has 0 aliphatic heterocycles. The van der Waals surface area contributed by atoms with Gasteiger partial charge in [-0.15, -0.1) is 0 Å².